The maximum absolute atomic E-state index is 11.8. The topological polar surface area (TPSA) is 52.6 Å². The van der Waals surface area contributed by atoms with Crippen LogP contribution in [0.25, 0.3) is 0 Å². The molecule has 0 spiro atoms. The Morgan fingerprint density at radius 1 is 0.607 bits per heavy atom. The van der Waals surface area contributed by atoms with Gasteiger partial charge in [-0.3, -0.25) is 9.59 Å². The van der Waals surface area contributed by atoms with Gasteiger partial charge in [0.15, 0.2) is 0 Å². The molecule has 0 N–H and O–H groups in total. The maximum Gasteiger partial charge on any atom is 0.305 e. The second-order valence-electron chi connectivity index (χ2n) is 8.03. The predicted octanol–water partition coefficient (Wildman–Crippen LogP) is 6.99. The summed E-state index contributed by atoms with van der Waals surface area (Å²) in [6, 6.07) is 0. The molecule has 166 valence electrons. The Morgan fingerprint density at radius 3 is 1.64 bits per heavy atom. The molecule has 0 aliphatic heterocycles. The first kappa shape index (κ1) is 26.9. The summed E-state index contributed by atoms with van der Waals surface area (Å²) in [6.07, 6.45) is 16.4. The summed E-state index contributed by atoms with van der Waals surface area (Å²) in [5.74, 6) is 0.435. The van der Waals surface area contributed by atoms with E-state index in [9.17, 15) is 9.59 Å². The van der Waals surface area contributed by atoms with Gasteiger partial charge in [-0.1, -0.05) is 78.6 Å². The minimum Gasteiger partial charge on any atom is -0.466 e. The first-order chi connectivity index (χ1) is 13.6. The molecule has 0 aromatic carbocycles. The van der Waals surface area contributed by atoms with Crippen LogP contribution in [0.2, 0.25) is 0 Å². The third-order valence-corrected chi connectivity index (χ3v) is 5.15. The molecule has 0 saturated heterocycles. The lowest BCUT2D eigenvalue weighted by atomic mass is 9.99. The van der Waals surface area contributed by atoms with Gasteiger partial charge in [-0.2, -0.15) is 0 Å². The van der Waals surface area contributed by atoms with E-state index >= 15 is 0 Å². The monoisotopic (exact) mass is 398 g/mol. The average molecular weight is 399 g/mol. The van der Waals surface area contributed by atoms with Crippen molar-refractivity contribution in [2.45, 2.75) is 124 Å². The predicted molar refractivity (Wildman–Crippen MR) is 116 cm³/mol. The van der Waals surface area contributed by atoms with Gasteiger partial charge < -0.3 is 9.47 Å². The second kappa shape index (κ2) is 20.7. The number of hydrogen-bond acceptors (Lipinski definition) is 4. The number of unbranched alkanes of at least 4 members (excludes halogenated alkanes) is 8. The summed E-state index contributed by atoms with van der Waals surface area (Å²) in [5, 5.41) is 0. The summed E-state index contributed by atoms with van der Waals surface area (Å²) < 4.78 is 10.7. The van der Waals surface area contributed by atoms with Crippen LogP contribution < -0.4 is 0 Å². The molecule has 0 aliphatic carbocycles. The average Bonchev–Trinajstić information content (AvgIpc) is 2.68. The molecule has 0 unspecified atom stereocenters. The first-order valence-corrected chi connectivity index (χ1v) is 11.9. The summed E-state index contributed by atoms with van der Waals surface area (Å²) in [5.41, 5.74) is 0. The van der Waals surface area contributed by atoms with Crippen LogP contribution in [0.5, 0.6) is 0 Å². The van der Waals surface area contributed by atoms with E-state index in [-0.39, 0.29) is 11.9 Å². The van der Waals surface area contributed by atoms with E-state index in [0.717, 1.165) is 77.0 Å². The highest BCUT2D eigenvalue weighted by Gasteiger charge is 2.10. The fraction of sp³-hybridized carbons (Fsp3) is 0.917. The Kier molecular flexibility index (Phi) is 19.9. The van der Waals surface area contributed by atoms with Crippen molar-refractivity contribution >= 4 is 11.9 Å². The van der Waals surface area contributed by atoms with Crippen molar-refractivity contribution in [3.05, 3.63) is 0 Å². The third-order valence-electron chi connectivity index (χ3n) is 5.15. The van der Waals surface area contributed by atoms with Gasteiger partial charge in [-0.15, -0.1) is 0 Å². The largest absolute Gasteiger partial charge is 0.466 e. The van der Waals surface area contributed by atoms with Crippen LogP contribution in [0.1, 0.15) is 124 Å². The normalized spacial score (nSPS) is 11.0. The number of carbonyl (C=O) groups excluding carboxylic acids is 2. The summed E-state index contributed by atoms with van der Waals surface area (Å²) in [6.45, 7) is 7.71. The summed E-state index contributed by atoms with van der Waals surface area (Å²) in [4.78, 5) is 23.4. The lowest BCUT2D eigenvalue weighted by Gasteiger charge is -2.15. The van der Waals surface area contributed by atoms with E-state index in [1.807, 2.05) is 0 Å². The van der Waals surface area contributed by atoms with Crippen molar-refractivity contribution in [3.63, 3.8) is 0 Å². The highest BCUT2D eigenvalue weighted by molar-refractivity contribution is 5.69. The van der Waals surface area contributed by atoms with Gasteiger partial charge in [-0.25, -0.2) is 0 Å². The van der Waals surface area contributed by atoms with Gasteiger partial charge in [0, 0.05) is 12.8 Å². The lowest BCUT2D eigenvalue weighted by Crippen LogP contribution is -2.14. The van der Waals surface area contributed by atoms with E-state index in [2.05, 4.69) is 20.8 Å². The molecule has 0 saturated carbocycles. The molecule has 28 heavy (non-hydrogen) atoms. The molecule has 0 radical (unpaired) electrons. The van der Waals surface area contributed by atoms with Crippen molar-refractivity contribution in [3.8, 4) is 0 Å². The van der Waals surface area contributed by atoms with E-state index in [0.29, 0.717) is 32.0 Å². The Labute approximate surface area is 174 Å². The Hall–Kier alpha value is -1.06. The minimum absolute atomic E-state index is 0.0427. The third kappa shape index (κ3) is 18.3. The molecule has 0 bridgehead atoms. The molecule has 4 nitrogen and oxygen atoms in total. The fourth-order valence-corrected chi connectivity index (χ4v) is 3.44. The zero-order valence-electron chi connectivity index (χ0n) is 18.9. The maximum atomic E-state index is 11.8. The number of hydrogen-bond donors (Lipinski definition) is 0. The number of carbonyl (C=O) groups is 2. The number of esters is 2. The fourth-order valence-electron chi connectivity index (χ4n) is 3.44. The van der Waals surface area contributed by atoms with E-state index in [1.54, 1.807) is 0 Å². The first-order valence-electron chi connectivity index (χ1n) is 11.9. The van der Waals surface area contributed by atoms with Gasteiger partial charge in [0.1, 0.15) is 0 Å². The van der Waals surface area contributed by atoms with Crippen LogP contribution in [0, 0.1) is 5.92 Å². The van der Waals surface area contributed by atoms with Crippen LogP contribution in [-0.2, 0) is 19.1 Å². The highest BCUT2D eigenvalue weighted by Crippen LogP contribution is 2.15. The zero-order valence-corrected chi connectivity index (χ0v) is 18.9. The molecule has 0 aromatic rings. The van der Waals surface area contributed by atoms with E-state index in [1.165, 1.54) is 12.8 Å². The van der Waals surface area contributed by atoms with Crippen LogP contribution in [0.3, 0.4) is 0 Å². The van der Waals surface area contributed by atoms with Gasteiger partial charge >= 0.3 is 11.9 Å². The quantitative estimate of drug-likeness (QED) is 0.164. The Morgan fingerprint density at radius 2 is 1.11 bits per heavy atom. The molecular formula is C24H46O4. The van der Waals surface area contributed by atoms with Crippen molar-refractivity contribution in [1.29, 1.82) is 0 Å². The zero-order chi connectivity index (χ0) is 20.9. The second-order valence-corrected chi connectivity index (χ2v) is 8.03. The number of rotatable bonds is 20. The van der Waals surface area contributed by atoms with Gasteiger partial charge in [-0.05, 0) is 38.0 Å². The van der Waals surface area contributed by atoms with Crippen molar-refractivity contribution < 1.29 is 19.1 Å². The standard InChI is InChI=1S/C24H46O4/c1-4-7-8-15-20-27-23(25)18-13-11-9-10-12-14-19-24(26)28-21-22(16-5-2)17-6-3/h22H,4-21H2,1-3H3. The van der Waals surface area contributed by atoms with E-state index in [4.69, 9.17) is 9.47 Å². The van der Waals surface area contributed by atoms with Crippen molar-refractivity contribution in [1.82, 2.24) is 0 Å². The van der Waals surface area contributed by atoms with Crippen molar-refractivity contribution in [2.75, 3.05) is 13.2 Å². The highest BCUT2D eigenvalue weighted by atomic mass is 16.5. The lowest BCUT2D eigenvalue weighted by molar-refractivity contribution is -0.145. The molecular weight excluding hydrogens is 352 g/mol. The number of ether oxygens (including phenoxy) is 2. The minimum atomic E-state index is -0.0521. The Balaban J connectivity index is 3.44. The molecule has 0 aromatic heterocycles. The molecule has 0 fully saturated rings. The molecule has 0 heterocycles. The molecule has 0 rings (SSSR count). The van der Waals surface area contributed by atoms with Gasteiger partial charge in [0.25, 0.3) is 0 Å². The van der Waals surface area contributed by atoms with Crippen LogP contribution in [0.4, 0.5) is 0 Å². The molecule has 0 atom stereocenters. The molecule has 0 amide bonds. The Bertz CT molecular complexity index is 362. The van der Waals surface area contributed by atoms with Gasteiger partial charge in [0.05, 0.1) is 13.2 Å². The van der Waals surface area contributed by atoms with Crippen LogP contribution in [-0.4, -0.2) is 25.2 Å². The SMILES string of the molecule is CCCCCCOC(=O)CCCCCCCCC(=O)OCC(CCC)CCC. The molecule has 4 heteroatoms. The van der Waals surface area contributed by atoms with E-state index < -0.39 is 0 Å². The summed E-state index contributed by atoms with van der Waals surface area (Å²) >= 11 is 0. The van der Waals surface area contributed by atoms with Crippen molar-refractivity contribution in [2.24, 2.45) is 5.92 Å². The molecule has 0 aliphatic rings. The smallest absolute Gasteiger partial charge is 0.305 e. The van der Waals surface area contributed by atoms with Crippen LogP contribution >= 0.6 is 0 Å². The summed E-state index contributed by atoms with van der Waals surface area (Å²) in [7, 11) is 0. The van der Waals surface area contributed by atoms with Crippen LogP contribution in [0.15, 0.2) is 0 Å². The van der Waals surface area contributed by atoms with Gasteiger partial charge in [0.2, 0.25) is 0 Å².